The summed E-state index contributed by atoms with van der Waals surface area (Å²) in [6, 6.07) is 3.81. The molecule has 0 aromatic carbocycles. The maximum Gasteiger partial charge on any atom is 0.213 e. The van der Waals surface area contributed by atoms with Crippen LogP contribution >= 0.6 is 15.9 Å². The summed E-state index contributed by atoms with van der Waals surface area (Å²) in [4.78, 5) is 4.22. The topological polar surface area (TPSA) is 61.8 Å². The zero-order valence-corrected chi connectivity index (χ0v) is 16.6. The number of nitrogens with one attached hydrogen (secondary N) is 1. The lowest BCUT2D eigenvalue weighted by molar-refractivity contribution is -0.117. The molecule has 2 saturated carbocycles. The van der Waals surface area contributed by atoms with Gasteiger partial charge in [-0.2, -0.15) is 0 Å². The van der Waals surface area contributed by atoms with E-state index >= 15 is 0 Å². The molecule has 0 radical (unpaired) electrons. The zero-order chi connectivity index (χ0) is 17.8. The van der Waals surface area contributed by atoms with E-state index in [1.165, 1.54) is 25.9 Å². The van der Waals surface area contributed by atoms with Crippen molar-refractivity contribution in [2.45, 2.75) is 44.0 Å². The van der Waals surface area contributed by atoms with Crippen molar-refractivity contribution in [3.63, 3.8) is 0 Å². The van der Waals surface area contributed by atoms with Gasteiger partial charge in [0.1, 0.15) is 6.10 Å². The number of hydrogen-bond donors (Lipinski definition) is 1. The van der Waals surface area contributed by atoms with Crippen LogP contribution < -0.4 is 10.1 Å². The van der Waals surface area contributed by atoms with Crippen LogP contribution in [0.2, 0.25) is 0 Å². The number of ether oxygens (including phenoxy) is 4. The monoisotopic (exact) mass is 426 g/mol. The maximum atomic E-state index is 5.83. The van der Waals surface area contributed by atoms with E-state index in [4.69, 9.17) is 18.9 Å². The van der Waals surface area contributed by atoms with Crippen molar-refractivity contribution in [2.75, 3.05) is 39.5 Å². The van der Waals surface area contributed by atoms with Gasteiger partial charge in [-0.25, -0.2) is 4.98 Å². The van der Waals surface area contributed by atoms with Crippen molar-refractivity contribution in [1.82, 2.24) is 10.3 Å². The van der Waals surface area contributed by atoms with Gasteiger partial charge in [0, 0.05) is 48.1 Å². The molecule has 3 fully saturated rings. The van der Waals surface area contributed by atoms with E-state index in [0.29, 0.717) is 43.8 Å². The van der Waals surface area contributed by atoms with Gasteiger partial charge in [0.2, 0.25) is 5.88 Å². The highest BCUT2D eigenvalue weighted by atomic mass is 79.9. The Balaban J connectivity index is 0.958. The van der Waals surface area contributed by atoms with Crippen LogP contribution in [0, 0.1) is 5.41 Å². The van der Waals surface area contributed by atoms with Crippen molar-refractivity contribution < 1.29 is 18.9 Å². The van der Waals surface area contributed by atoms with Gasteiger partial charge in [-0.1, -0.05) is 0 Å². The molecule has 2 aliphatic carbocycles. The minimum atomic E-state index is 0.208. The number of halogens is 1. The third kappa shape index (κ3) is 4.75. The molecule has 3 aliphatic rings. The van der Waals surface area contributed by atoms with E-state index < -0.39 is 0 Å². The van der Waals surface area contributed by atoms with Gasteiger partial charge in [-0.05, 0) is 34.8 Å². The van der Waals surface area contributed by atoms with Gasteiger partial charge in [0.15, 0.2) is 0 Å². The Morgan fingerprint density at radius 2 is 1.73 bits per heavy atom. The zero-order valence-electron chi connectivity index (χ0n) is 15.0. The lowest BCUT2D eigenvalue weighted by Gasteiger charge is -2.54. The van der Waals surface area contributed by atoms with Crippen LogP contribution in [0.5, 0.6) is 5.88 Å². The van der Waals surface area contributed by atoms with E-state index in [9.17, 15) is 0 Å². The summed E-state index contributed by atoms with van der Waals surface area (Å²) in [6.45, 7) is 4.94. The fraction of sp³-hybridized carbons (Fsp3) is 0.737. The molecule has 0 amide bonds. The fourth-order valence-electron chi connectivity index (χ4n) is 3.79. The largest absolute Gasteiger partial charge is 0.474 e. The SMILES string of the molecule is Brc1ccc(O[C@H]2C[C@H](OCCOCCOC3CC4(CNC4)C3)C2)nc1. The van der Waals surface area contributed by atoms with Crippen LogP contribution in [0.4, 0.5) is 0 Å². The smallest absolute Gasteiger partial charge is 0.213 e. The lowest BCUT2D eigenvalue weighted by Crippen LogP contribution is -2.62. The highest BCUT2D eigenvalue weighted by Crippen LogP contribution is 2.45. The van der Waals surface area contributed by atoms with Gasteiger partial charge >= 0.3 is 0 Å². The normalized spacial score (nSPS) is 26.8. The molecule has 1 aromatic heterocycles. The predicted molar refractivity (Wildman–Crippen MR) is 100 cm³/mol. The quantitative estimate of drug-likeness (QED) is 0.580. The van der Waals surface area contributed by atoms with Crippen molar-refractivity contribution in [1.29, 1.82) is 0 Å². The van der Waals surface area contributed by atoms with Crippen LogP contribution in [0.1, 0.15) is 25.7 Å². The standard InChI is InChI=1S/C19H27BrN2O4/c20-14-1-2-18(22-11-14)26-16-7-15(8-16)24-5-3-23-4-6-25-17-9-19(10-17)12-21-13-19/h1-2,11,15-17,21H,3-10,12-13H2/t15-,16-. The molecule has 1 spiro atoms. The third-order valence-electron chi connectivity index (χ3n) is 5.52. The van der Waals surface area contributed by atoms with Gasteiger partial charge in [0.25, 0.3) is 0 Å². The van der Waals surface area contributed by atoms with Crippen molar-refractivity contribution in [3.05, 3.63) is 22.8 Å². The summed E-state index contributed by atoms with van der Waals surface area (Å²) in [5, 5.41) is 3.34. The second kappa shape index (κ2) is 8.52. The Morgan fingerprint density at radius 1 is 1.00 bits per heavy atom. The van der Waals surface area contributed by atoms with Crippen molar-refractivity contribution >= 4 is 15.9 Å². The Kier molecular flexibility index (Phi) is 6.10. The van der Waals surface area contributed by atoms with Crippen molar-refractivity contribution in [2.24, 2.45) is 5.41 Å². The predicted octanol–water partition coefficient (Wildman–Crippen LogP) is 2.56. The molecule has 0 atom stereocenters. The number of aromatic nitrogens is 1. The molecule has 1 N–H and O–H groups in total. The first kappa shape index (κ1) is 18.6. The molecule has 1 aromatic rings. The summed E-state index contributed by atoms with van der Waals surface area (Å²) in [6.07, 6.45) is 6.93. The van der Waals surface area contributed by atoms with Gasteiger partial charge in [0.05, 0.1) is 38.6 Å². The van der Waals surface area contributed by atoms with Gasteiger partial charge in [-0.3, -0.25) is 0 Å². The fourth-order valence-corrected chi connectivity index (χ4v) is 4.03. The Bertz CT molecular complexity index is 567. The van der Waals surface area contributed by atoms with Gasteiger partial charge in [-0.15, -0.1) is 0 Å². The molecule has 2 heterocycles. The van der Waals surface area contributed by atoms with Crippen LogP contribution in [-0.2, 0) is 14.2 Å². The highest BCUT2D eigenvalue weighted by Gasteiger charge is 2.48. The Hall–Kier alpha value is -0.730. The molecule has 7 heteroatoms. The van der Waals surface area contributed by atoms with Crippen LogP contribution in [0.3, 0.4) is 0 Å². The number of pyridine rings is 1. The molecule has 0 unspecified atom stereocenters. The average Bonchev–Trinajstić information content (AvgIpc) is 2.52. The molecular weight excluding hydrogens is 400 g/mol. The average molecular weight is 427 g/mol. The van der Waals surface area contributed by atoms with E-state index in [0.717, 1.165) is 17.3 Å². The second-order valence-corrected chi connectivity index (χ2v) is 8.55. The minimum Gasteiger partial charge on any atom is -0.474 e. The first-order valence-corrected chi connectivity index (χ1v) is 10.3. The lowest BCUT2D eigenvalue weighted by atomic mass is 9.63. The first-order chi connectivity index (χ1) is 12.7. The number of rotatable bonds is 10. The molecular formula is C19H27BrN2O4. The van der Waals surface area contributed by atoms with E-state index in [-0.39, 0.29) is 12.2 Å². The van der Waals surface area contributed by atoms with E-state index in [2.05, 4.69) is 26.2 Å². The van der Waals surface area contributed by atoms with E-state index in [1.54, 1.807) is 6.20 Å². The molecule has 26 heavy (non-hydrogen) atoms. The molecule has 1 aliphatic heterocycles. The first-order valence-electron chi connectivity index (χ1n) is 9.51. The maximum absolute atomic E-state index is 5.83. The summed E-state index contributed by atoms with van der Waals surface area (Å²) in [5.74, 6) is 0.672. The summed E-state index contributed by atoms with van der Waals surface area (Å²) >= 11 is 3.37. The molecule has 6 nitrogen and oxygen atoms in total. The van der Waals surface area contributed by atoms with Gasteiger partial charge < -0.3 is 24.3 Å². The molecule has 4 rings (SSSR count). The molecule has 0 bridgehead atoms. The summed E-state index contributed by atoms with van der Waals surface area (Å²) in [5.41, 5.74) is 0.580. The molecule has 144 valence electrons. The minimum absolute atomic E-state index is 0.208. The number of nitrogens with zero attached hydrogens (tertiary/aromatic N) is 1. The Morgan fingerprint density at radius 3 is 2.35 bits per heavy atom. The molecule has 1 saturated heterocycles. The summed E-state index contributed by atoms with van der Waals surface area (Å²) < 4.78 is 24.0. The Labute approximate surface area is 163 Å². The van der Waals surface area contributed by atoms with E-state index in [1.807, 2.05) is 12.1 Å². The second-order valence-electron chi connectivity index (χ2n) is 7.64. The highest BCUT2D eigenvalue weighted by molar-refractivity contribution is 9.10. The van der Waals surface area contributed by atoms with Crippen molar-refractivity contribution in [3.8, 4) is 5.88 Å². The van der Waals surface area contributed by atoms with Crippen LogP contribution in [0.15, 0.2) is 22.8 Å². The van der Waals surface area contributed by atoms with Crippen LogP contribution in [0.25, 0.3) is 0 Å². The van der Waals surface area contributed by atoms with Crippen LogP contribution in [-0.4, -0.2) is 62.8 Å². The summed E-state index contributed by atoms with van der Waals surface area (Å²) in [7, 11) is 0. The number of hydrogen-bond acceptors (Lipinski definition) is 6. The third-order valence-corrected chi connectivity index (χ3v) is 5.99.